The molecular formula is C27H26N2O5. The molecule has 1 N–H and O–H groups in total. The first-order valence-corrected chi connectivity index (χ1v) is 11.0. The summed E-state index contributed by atoms with van der Waals surface area (Å²) >= 11 is 0. The van der Waals surface area contributed by atoms with Crippen LogP contribution in [0.2, 0.25) is 0 Å². The molecular weight excluding hydrogens is 432 g/mol. The van der Waals surface area contributed by atoms with E-state index in [1.807, 2.05) is 38.1 Å². The van der Waals surface area contributed by atoms with Gasteiger partial charge in [0.2, 0.25) is 0 Å². The summed E-state index contributed by atoms with van der Waals surface area (Å²) < 4.78 is 11.1. The highest BCUT2D eigenvalue weighted by Crippen LogP contribution is 2.43. The number of pyridine rings is 1. The molecule has 1 atom stereocenters. The van der Waals surface area contributed by atoms with Crippen molar-refractivity contribution in [2.75, 3.05) is 13.7 Å². The Kier molecular flexibility index (Phi) is 6.63. The zero-order valence-electron chi connectivity index (χ0n) is 19.3. The number of methoxy groups -OCH3 is 1. The van der Waals surface area contributed by atoms with Crippen molar-refractivity contribution in [2.24, 2.45) is 0 Å². The molecule has 1 amide bonds. The Bertz CT molecular complexity index is 1250. The molecule has 1 aliphatic rings. The summed E-state index contributed by atoms with van der Waals surface area (Å²) in [7, 11) is 1.57. The highest BCUT2D eigenvalue weighted by molar-refractivity contribution is 6.46. The van der Waals surface area contributed by atoms with Crippen molar-refractivity contribution in [3.8, 4) is 11.5 Å². The highest BCUT2D eigenvalue weighted by Gasteiger charge is 2.47. The second kappa shape index (κ2) is 9.79. The number of para-hydroxylation sites is 1. The van der Waals surface area contributed by atoms with Gasteiger partial charge >= 0.3 is 0 Å². The summed E-state index contributed by atoms with van der Waals surface area (Å²) in [6.45, 7) is 4.28. The minimum Gasteiger partial charge on any atom is -0.507 e. The summed E-state index contributed by atoms with van der Waals surface area (Å²) in [5.41, 5.74) is 2.63. The number of carbonyl (C=O) groups is 2. The molecule has 1 saturated heterocycles. The van der Waals surface area contributed by atoms with E-state index >= 15 is 0 Å². The van der Waals surface area contributed by atoms with Crippen molar-refractivity contribution in [3.63, 3.8) is 0 Å². The van der Waals surface area contributed by atoms with Gasteiger partial charge in [0.1, 0.15) is 17.3 Å². The van der Waals surface area contributed by atoms with E-state index in [0.29, 0.717) is 29.2 Å². The summed E-state index contributed by atoms with van der Waals surface area (Å²) in [5.74, 6) is -0.469. The number of aliphatic hydroxyl groups excluding tert-OH is 1. The lowest BCUT2D eigenvalue weighted by atomic mass is 9.94. The molecule has 174 valence electrons. The van der Waals surface area contributed by atoms with Crippen LogP contribution < -0.4 is 9.47 Å². The van der Waals surface area contributed by atoms with Crippen LogP contribution in [-0.4, -0.2) is 40.4 Å². The van der Waals surface area contributed by atoms with Crippen molar-refractivity contribution in [3.05, 3.63) is 94.8 Å². The molecule has 1 fully saturated rings. The molecule has 0 saturated carbocycles. The number of aryl methyl sites for hydroxylation is 1. The van der Waals surface area contributed by atoms with E-state index in [-0.39, 0.29) is 17.9 Å². The Hall–Kier alpha value is -4.13. The first-order chi connectivity index (χ1) is 16.5. The summed E-state index contributed by atoms with van der Waals surface area (Å²) in [6.07, 6.45) is 3.29. The topological polar surface area (TPSA) is 89.0 Å². The van der Waals surface area contributed by atoms with E-state index in [2.05, 4.69) is 4.98 Å². The van der Waals surface area contributed by atoms with Crippen molar-refractivity contribution >= 4 is 17.4 Å². The monoisotopic (exact) mass is 458 g/mol. The fraction of sp³-hybridized carbons (Fsp3) is 0.222. The van der Waals surface area contributed by atoms with Crippen LogP contribution in [0.5, 0.6) is 11.5 Å². The maximum absolute atomic E-state index is 13.3. The van der Waals surface area contributed by atoms with Gasteiger partial charge in [0, 0.05) is 30.1 Å². The maximum atomic E-state index is 13.3. The summed E-state index contributed by atoms with van der Waals surface area (Å²) in [5, 5.41) is 11.3. The lowest BCUT2D eigenvalue weighted by Crippen LogP contribution is -2.29. The average molecular weight is 459 g/mol. The third-order valence-corrected chi connectivity index (χ3v) is 5.80. The van der Waals surface area contributed by atoms with E-state index < -0.39 is 17.7 Å². The number of ketones is 1. The Morgan fingerprint density at radius 3 is 2.56 bits per heavy atom. The number of amides is 1. The van der Waals surface area contributed by atoms with Crippen LogP contribution in [0.15, 0.2) is 72.6 Å². The number of likely N-dealkylation sites (tertiary alicyclic amines) is 1. The van der Waals surface area contributed by atoms with Crippen molar-refractivity contribution < 1.29 is 24.2 Å². The largest absolute Gasteiger partial charge is 0.507 e. The van der Waals surface area contributed by atoms with Crippen molar-refractivity contribution in [1.29, 1.82) is 0 Å². The molecule has 3 aromatic rings. The SMILES string of the molecule is CCOc1ccccc1C1/C(=C(\O)c2ccc(OC)c(C)c2)C(=O)C(=O)N1Cc1cccnc1. The first-order valence-electron chi connectivity index (χ1n) is 11.0. The van der Waals surface area contributed by atoms with Crippen LogP contribution in [0.4, 0.5) is 0 Å². The molecule has 2 aromatic carbocycles. The van der Waals surface area contributed by atoms with Gasteiger partial charge in [0.15, 0.2) is 0 Å². The highest BCUT2D eigenvalue weighted by atomic mass is 16.5. The second-order valence-corrected chi connectivity index (χ2v) is 7.94. The van der Waals surface area contributed by atoms with Gasteiger partial charge in [-0.3, -0.25) is 14.6 Å². The fourth-order valence-electron chi connectivity index (χ4n) is 4.23. The smallest absolute Gasteiger partial charge is 0.295 e. The van der Waals surface area contributed by atoms with Crippen molar-refractivity contribution in [2.45, 2.75) is 26.4 Å². The molecule has 7 nitrogen and oxygen atoms in total. The van der Waals surface area contributed by atoms with Crippen LogP contribution in [0.1, 0.15) is 35.2 Å². The molecule has 34 heavy (non-hydrogen) atoms. The van der Waals surface area contributed by atoms with E-state index in [9.17, 15) is 14.7 Å². The van der Waals surface area contributed by atoms with Gasteiger partial charge in [-0.1, -0.05) is 24.3 Å². The predicted octanol–water partition coefficient (Wildman–Crippen LogP) is 4.42. The van der Waals surface area contributed by atoms with Gasteiger partial charge in [-0.05, 0) is 55.3 Å². The van der Waals surface area contributed by atoms with Gasteiger partial charge in [-0.25, -0.2) is 0 Å². The number of Topliss-reactive ketones (excluding diaryl/α,β-unsaturated/α-hetero) is 1. The quantitative estimate of drug-likeness (QED) is 0.320. The van der Waals surface area contributed by atoms with Gasteiger partial charge in [0.05, 0.1) is 25.3 Å². The number of aromatic nitrogens is 1. The lowest BCUT2D eigenvalue weighted by molar-refractivity contribution is -0.140. The minimum absolute atomic E-state index is 0.0191. The van der Waals surface area contributed by atoms with Gasteiger partial charge in [-0.15, -0.1) is 0 Å². The Labute approximate surface area is 198 Å². The van der Waals surface area contributed by atoms with Crippen LogP contribution in [0.25, 0.3) is 5.76 Å². The van der Waals surface area contributed by atoms with Gasteiger partial charge in [0.25, 0.3) is 11.7 Å². The zero-order valence-corrected chi connectivity index (χ0v) is 19.3. The normalized spacial score (nSPS) is 17.1. The Morgan fingerprint density at radius 2 is 1.88 bits per heavy atom. The standard InChI is InChI=1S/C27H26N2O5/c1-4-34-22-10-6-5-9-20(22)24-23(25(30)19-11-12-21(33-3)17(2)14-19)26(31)27(32)29(24)16-18-8-7-13-28-15-18/h5-15,24,30H,4,16H2,1-3H3/b25-23+. The number of ether oxygens (including phenoxy) is 2. The Morgan fingerprint density at radius 1 is 1.09 bits per heavy atom. The van der Waals surface area contributed by atoms with Crippen molar-refractivity contribution in [1.82, 2.24) is 9.88 Å². The summed E-state index contributed by atoms with van der Waals surface area (Å²) in [4.78, 5) is 32.1. The minimum atomic E-state index is -0.828. The van der Waals surface area contributed by atoms with E-state index in [1.54, 1.807) is 49.8 Å². The van der Waals surface area contributed by atoms with E-state index in [1.165, 1.54) is 4.90 Å². The molecule has 1 unspecified atom stereocenters. The molecule has 0 bridgehead atoms. The molecule has 0 spiro atoms. The fourth-order valence-corrected chi connectivity index (χ4v) is 4.23. The van der Waals surface area contributed by atoms with E-state index in [4.69, 9.17) is 9.47 Å². The van der Waals surface area contributed by atoms with Gasteiger partial charge < -0.3 is 19.5 Å². The first kappa shape index (κ1) is 23.0. The van der Waals surface area contributed by atoms with Crippen LogP contribution in [0.3, 0.4) is 0 Å². The maximum Gasteiger partial charge on any atom is 0.295 e. The Balaban J connectivity index is 1.90. The lowest BCUT2D eigenvalue weighted by Gasteiger charge is -2.27. The van der Waals surface area contributed by atoms with Crippen LogP contribution in [-0.2, 0) is 16.1 Å². The molecule has 0 aliphatic carbocycles. The van der Waals surface area contributed by atoms with E-state index in [0.717, 1.165) is 11.1 Å². The third kappa shape index (κ3) is 4.24. The average Bonchev–Trinajstić information content (AvgIpc) is 3.09. The molecule has 1 aliphatic heterocycles. The molecule has 4 rings (SSSR count). The number of benzene rings is 2. The molecule has 7 heteroatoms. The van der Waals surface area contributed by atoms with Crippen LogP contribution in [0, 0.1) is 6.92 Å². The molecule has 1 aromatic heterocycles. The predicted molar refractivity (Wildman–Crippen MR) is 127 cm³/mol. The molecule has 0 radical (unpaired) electrons. The number of carbonyl (C=O) groups excluding carboxylic acids is 2. The number of nitrogens with zero attached hydrogens (tertiary/aromatic N) is 2. The zero-order chi connectivity index (χ0) is 24.2. The van der Waals surface area contributed by atoms with Gasteiger partial charge in [-0.2, -0.15) is 0 Å². The second-order valence-electron chi connectivity index (χ2n) is 7.94. The number of rotatable bonds is 7. The number of hydrogen-bond acceptors (Lipinski definition) is 6. The third-order valence-electron chi connectivity index (χ3n) is 5.80. The number of hydrogen-bond donors (Lipinski definition) is 1. The molecule has 2 heterocycles. The summed E-state index contributed by atoms with van der Waals surface area (Å²) in [6, 6.07) is 15.2. The number of aliphatic hydroxyl groups is 1. The van der Waals surface area contributed by atoms with Crippen LogP contribution >= 0.6 is 0 Å².